The number of para-hydroxylation sites is 1. The second-order valence-corrected chi connectivity index (χ2v) is 6.73. The maximum absolute atomic E-state index is 13.4. The van der Waals surface area contributed by atoms with Crippen molar-refractivity contribution in [2.75, 3.05) is 5.32 Å². The van der Waals surface area contributed by atoms with Gasteiger partial charge in [-0.1, -0.05) is 6.07 Å². The van der Waals surface area contributed by atoms with Gasteiger partial charge in [-0.15, -0.1) is 4.40 Å². The summed E-state index contributed by atoms with van der Waals surface area (Å²) in [7, 11) is -4.35. The molecule has 1 aromatic heterocycles. The summed E-state index contributed by atoms with van der Waals surface area (Å²) in [5.41, 5.74) is -0.285. The zero-order valence-electron chi connectivity index (χ0n) is 13.6. The number of aromatic hydroxyl groups is 1. The summed E-state index contributed by atoms with van der Waals surface area (Å²) < 4.78 is 73.3. The number of alkyl halides is 3. The highest BCUT2D eigenvalue weighted by Gasteiger charge is 2.44. The van der Waals surface area contributed by atoms with E-state index in [2.05, 4.69) is 14.7 Å². The van der Waals surface area contributed by atoms with Crippen LogP contribution in [0.3, 0.4) is 0 Å². The number of halogens is 3. The molecule has 0 saturated heterocycles. The molecule has 146 valence electrons. The predicted octanol–water partition coefficient (Wildman–Crippen LogP) is 2.22. The average Bonchev–Trinajstić information content (AvgIpc) is 3.21. The van der Waals surface area contributed by atoms with Crippen molar-refractivity contribution in [1.82, 2.24) is 4.72 Å². The number of rotatable bonds is 3. The molecule has 1 aromatic carbocycles. The van der Waals surface area contributed by atoms with E-state index in [4.69, 9.17) is 9.68 Å². The largest absolute Gasteiger partial charge is 0.504 e. The van der Waals surface area contributed by atoms with E-state index in [1.54, 1.807) is 10.8 Å². The first-order valence-corrected chi connectivity index (χ1v) is 8.85. The Bertz CT molecular complexity index is 1100. The summed E-state index contributed by atoms with van der Waals surface area (Å²) >= 11 is 0. The Labute approximate surface area is 156 Å². The third-order valence-corrected chi connectivity index (χ3v) is 4.33. The van der Waals surface area contributed by atoms with E-state index in [1.165, 1.54) is 24.3 Å². The van der Waals surface area contributed by atoms with Gasteiger partial charge in [0.1, 0.15) is 11.8 Å². The molecule has 28 heavy (non-hydrogen) atoms. The molecule has 3 N–H and O–H groups in total. The number of nitriles is 1. The fraction of sp³-hybridized carbons (Fsp3) is 0.133. The number of hydrogen-bond acceptors (Lipinski definition) is 7. The molecule has 1 aliphatic rings. The van der Waals surface area contributed by atoms with Crippen molar-refractivity contribution >= 4 is 27.6 Å². The lowest BCUT2D eigenvalue weighted by atomic mass is 10.2. The Kier molecular flexibility index (Phi) is 4.73. The van der Waals surface area contributed by atoms with Crippen LogP contribution >= 0.6 is 0 Å². The molecule has 0 aliphatic carbocycles. The van der Waals surface area contributed by atoms with Crippen LogP contribution in [0.1, 0.15) is 17.4 Å². The van der Waals surface area contributed by atoms with E-state index < -0.39 is 45.6 Å². The minimum absolute atomic E-state index is 0.137. The highest BCUT2D eigenvalue weighted by molar-refractivity contribution is 7.89. The van der Waals surface area contributed by atoms with Crippen molar-refractivity contribution in [3.63, 3.8) is 0 Å². The average molecular weight is 413 g/mol. The normalized spacial score (nSPS) is 18.2. The molecule has 0 saturated carbocycles. The van der Waals surface area contributed by atoms with Gasteiger partial charge in [0, 0.05) is 0 Å². The van der Waals surface area contributed by atoms with Crippen LogP contribution in [-0.4, -0.2) is 31.4 Å². The lowest BCUT2D eigenvalue weighted by Gasteiger charge is -2.15. The molecule has 0 radical (unpaired) electrons. The zero-order valence-corrected chi connectivity index (χ0v) is 14.4. The van der Waals surface area contributed by atoms with E-state index in [0.29, 0.717) is 0 Å². The van der Waals surface area contributed by atoms with Gasteiger partial charge in [0.2, 0.25) is 6.04 Å². The van der Waals surface area contributed by atoms with Crippen molar-refractivity contribution in [3.8, 4) is 11.8 Å². The number of aliphatic imine (C=N–C) groups is 1. The van der Waals surface area contributed by atoms with Crippen molar-refractivity contribution in [1.29, 1.82) is 5.26 Å². The third-order valence-electron chi connectivity index (χ3n) is 3.45. The fourth-order valence-electron chi connectivity index (χ4n) is 2.26. The monoisotopic (exact) mass is 413 g/mol. The summed E-state index contributed by atoms with van der Waals surface area (Å²) in [4.78, 5) is 3.40. The Morgan fingerprint density at radius 1 is 1.32 bits per heavy atom. The second-order valence-electron chi connectivity index (χ2n) is 5.39. The SMILES string of the molecule is N#Cc1cccc(NC2=NS(=O)(=O)NC2=N[C@@H](c2ccco2)C(F)(F)F)c1O. The summed E-state index contributed by atoms with van der Waals surface area (Å²) in [5, 5.41) is 21.3. The van der Waals surface area contributed by atoms with E-state index >= 15 is 0 Å². The van der Waals surface area contributed by atoms with Crippen molar-refractivity contribution in [3.05, 3.63) is 47.9 Å². The van der Waals surface area contributed by atoms with Crippen molar-refractivity contribution in [2.24, 2.45) is 9.39 Å². The number of nitrogens with zero attached hydrogens (tertiary/aromatic N) is 3. The van der Waals surface area contributed by atoms with Crippen LogP contribution < -0.4 is 10.0 Å². The number of furan rings is 1. The molecular weight excluding hydrogens is 403 g/mol. The van der Waals surface area contributed by atoms with E-state index in [0.717, 1.165) is 12.3 Å². The molecule has 9 nitrogen and oxygen atoms in total. The Morgan fingerprint density at radius 3 is 2.68 bits per heavy atom. The van der Waals surface area contributed by atoms with Crippen molar-refractivity contribution < 1.29 is 31.1 Å². The van der Waals surface area contributed by atoms with Gasteiger partial charge in [-0.25, -0.2) is 9.71 Å². The van der Waals surface area contributed by atoms with Gasteiger partial charge in [0.25, 0.3) is 0 Å². The number of nitrogens with one attached hydrogen (secondary N) is 2. The first-order valence-electron chi connectivity index (χ1n) is 7.41. The number of phenolic OH excluding ortho intramolecular Hbond substituents is 1. The summed E-state index contributed by atoms with van der Waals surface area (Å²) in [6, 6.07) is 5.41. The minimum atomic E-state index is -4.88. The summed E-state index contributed by atoms with van der Waals surface area (Å²) in [6.07, 6.45) is -3.86. The van der Waals surface area contributed by atoms with Gasteiger partial charge in [-0.3, -0.25) is 0 Å². The molecule has 0 fully saturated rings. The van der Waals surface area contributed by atoms with Gasteiger partial charge in [-0.2, -0.15) is 26.9 Å². The summed E-state index contributed by atoms with van der Waals surface area (Å²) in [6.45, 7) is 0. The number of benzene rings is 1. The second kappa shape index (κ2) is 6.89. The van der Waals surface area contributed by atoms with Crippen LogP contribution in [0, 0.1) is 11.3 Å². The first-order chi connectivity index (χ1) is 13.1. The predicted molar refractivity (Wildman–Crippen MR) is 90.9 cm³/mol. The lowest BCUT2D eigenvalue weighted by molar-refractivity contribution is -0.152. The highest BCUT2D eigenvalue weighted by Crippen LogP contribution is 2.36. The van der Waals surface area contributed by atoms with Crippen molar-refractivity contribution in [2.45, 2.75) is 12.2 Å². The van der Waals surface area contributed by atoms with Gasteiger partial charge in [0.15, 0.2) is 17.4 Å². The Balaban J connectivity index is 2.02. The third kappa shape index (κ3) is 3.91. The Hall–Kier alpha value is -3.53. The maximum Gasteiger partial charge on any atom is 0.418 e. The van der Waals surface area contributed by atoms with E-state index in [-0.39, 0.29) is 11.3 Å². The van der Waals surface area contributed by atoms with Crippen LogP contribution in [0.15, 0.2) is 50.4 Å². The topological polar surface area (TPSA) is 140 Å². The van der Waals surface area contributed by atoms with Crippen LogP contribution in [0.2, 0.25) is 0 Å². The van der Waals surface area contributed by atoms with Crippen LogP contribution in [0.5, 0.6) is 5.75 Å². The smallest absolute Gasteiger partial charge is 0.418 e. The van der Waals surface area contributed by atoms with Crippen LogP contribution in [0.25, 0.3) is 0 Å². The van der Waals surface area contributed by atoms with Gasteiger partial charge < -0.3 is 14.8 Å². The molecule has 0 spiro atoms. The van der Waals surface area contributed by atoms with Gasteiger partial charge in [0.05, 0.1) is 17.5 Å². The molecule has 1 atom stereocenters. The molecule has 1 aliphatic heterocycles. The number of amidine groups is 2. The Morgan fingerprint density at radius 2 is 2.07 bits per heavy atom. The molecule has 0 bridgehead atoms. The molecule has 0 amide bonds. The lowest BCUT2D eigenvalue weighted by Crippen LogP contribution is -2.33. The molecule has 3 rings (SSSR count). The molecule has 2 heterocycles. The van der Waals surface area contributed by atoms with E-state index in [1.807, 2.05) is 0 Å². The van der Waals surface area contributed by atoms with Crippen LogP contribution in [0.4, 0.5) is 18.9 Å². The highest BCUT2D eigenvalue weighted by atomic mass is 32.2. The van der Waals surface area contributed by atoms with E-state index in [9.17, 15) is 26.7 Å². The zero-order chi connectivity index (χ0) is 20.5. The molecular formula is C15H10F3N5O4S. The van der Waals surface area contributed by atoms with Gasteiger partial charge in [-0.05, 0) is 24.3 Å². The first kappa shape index (κ1) is 19.2. The number of phenols is 1. The van der Waals surface area contributed by atoms with Gasteiger partial charge >= 0.3 is 16.4 Å². The number of hydrogen-bond donors (Lipinski definition) is 3. The molecule has 0 unspecified atom stereocenters. The maximum atomic E-state index is 13.4. The fourth-order valence-corrected chi connectivity index (χ4v) is 3.07. The van der Waals surface area contributed by atoms with Crippen LogP contribution in [-0.2, 0) is 10.2 Å². The molecule has 2 aromatic rings. The quantitative estimate of drug-likeness (QED) is 0.659. The minimum Gasteiger partial charge on any atom is -0.504 e. The summed E-state index contributed by atoms with van der Waals surface area (Å²) in [5.74, 6) is -2.42. The number of anilines is 1. The molecule has 13 heteroatoms. The standard InChI is InChI=1S/C15H10F3N5O4S/c16-15(17,18)12(10-5-2-6-27-10)21-14-13(22-28(25,26)23-14)20-9-4-1-3-8(7-19)11(9)24/h1-6,12,24H,(H,20,22)(H,21,23)/t12-/m0/s1.